The normalized spacial score (nSPS) is 20.9. The third kappa shape index (κ3) is 1.31. The number of benzene rings is 2. The highest BCUT2D eigenvalue weighted by Crippen LogP contribution is 2.41. The van der Waals surface area contributed by atoms with Gasteiger partial charge in [-0.25, -0.2) is 0 Å². The van der Waals surface area contributed by atoms with E-state index in [2.05, 4.69) is 5.32 Å². The summed E-state index contributed by atoms with van der Waals surface area (Å²) >= 11 is 0. The predicted molar refractivity (Wildman–Crippen MR) is 74.3 cm³/mol. The van der Waals surface area contributed by atoms with Crippen LogP contribution in [0.1, 0.15) is 11.1 Å². The number of hydrogen-bond acceptors (Lipinski definition) is 3. The number of anilines is 1. The Bertz CT molecular complexity index is 836. The lowest BCUT2D eigenvalue weighted by molar-refractivity contribution is -0.129. The fourth-order valence-corrected chi connectivity index (χ4v) is 2.72. The van der Waals surface area contributed by atoms with Gasteiger partial charge in [0.1, 0.15) is 5.58 Å². The van der Waals surface area contributed by atoms with Crippen molar-refractivity contribution < 1.29 is 14.3 Å². The van der Waals surface area contributed by atoms with Crippen molar-refractivity contribution in [2.24, 2.45) is 0 Å². The van der Waals surface area contributed by atoms with Crippen molar-refractivity contribution in [2.45, 2.75) is 5.60 Å². The molecule has 3 aromatic rings. The molecule has 2 aromatic carbocycles. The van der Waals surface area contributed by atoms with Crippen LogP contribution in [0.5, 0.6) is 0 Å². The first-order chi connectivity index (χ1) is 9.69. The molecule has 4 heteroatoms. The summed E-state index contributed by atoms with van der Waals surface area (Å²) in [5.74, 6) is -0.429. The molecule has 1 amide bonds. The summed E-state index contributed by atoms with van der Waals surface area (Å²) in [4.78, 5) is 12.2. The molecule has 0 fully saturated rings. The maximum atomic E-state index is 12.2. The number of fused-ring (bicyclic) bond motifs is 2. The van der Waals surface area contributed by atoms with E-state index < -0.39 is 11.5 Å². The van der Waals surface area contributed by atoms with Gasteiger partial charge in [0.25, 0.3) is 5.91 Å². The van der Waals surface area contributed by atoms with Crippen LogP contribution < -0.4 is 5.32 Å². The molecule has 4 nitrogen and oxygen atoms in total. The monoisotopic (exact) mass is 265 g/mol. The summed E-state index contributed by atoms with van der Waals surface area (Å²) in [5, 5.41) is 14.5. The molecule has 1 aromatic heterocycles. The highest BCUT2D eigenvalue weighted by Gasteiger charge is 2.46. The minimum Gasteiger partial charge on any atom is -0.464 e. The van der Waals surface area contributed by atoms with E-state index in [-0.39, 0.29) is 0 Å². The standard InChI is InChI=1S/C16H11NO3/c18-15-16(19,12-3-1-2-4-13(12)17-15)11-5-6-14-10(9-11)7-8-20-14/h1-9,19H,(H,17,18). The summed E-state index contributed by atoms with van der Waals surface area (Å²) in [6.45, 7) is 0. The highest BCUT2D eigenvalue weighted by molar-refractivity contribution is 6.07. The molecule has 4 rings (SSSR count). The number of hydrogen-bond donors (Lipinski definition) is 2. The van der Waals surface area contributed by atoms with Gasteiger partial charge in [-0.05, 0) is 29.8 Å². The van der Waals surface area contributed by atoms with Crippen molar-refractivity contribution in [3.05, 3.63) is 65.9 Å². The van der Waals surface area contributed by atoms with Gasteiger partial charge in [-0.15, -0.1) is 0 Å². The van der Waals surface area contributed by atoms with Crippen molar-refractivity contribution in [1.82, 2.24) is 0 Å². The number of para-hydroxylation sites is 1. The second-order valence-corrected chi connectivity index (χ2v) is 4.88. The first kappa shape index (κ1) is 11.3. The summed E-state index contributed by atoms with van der Waals surface area (Å²) in [6, 6.07) is 14.2. The summed E-state index contributed by atoms with van der Waals surface area (Å²) in [5.41, 5.74) is 0.834. The molecule has 20 heavy (non-hydrogen) atoms. The fraction of sp³-hybridized carbons (Fsp3) is 0.0625. The zero-order valence-corrected chi connectivity index (χ0v) is 10.5. The maximum absolute atomic E-state index is 12.2. The second-order valence-electron chi connectivity index (χ2n) is 4.88. The summed E-state index contributed by atoms with van der Waals surface area (Å²) in [7, 11) is 0. The Balaban J connectivity index is 1.97. The van der Waals surface area contributed by atoms with Gasteiger partial charge in [0.05, 0.1) is 6.26 Å². The van der Waals surface area contributed by atoms with E-state index in [1.54, 1.807) is 48.7 Å². The van der Waals surface area contributed by atoms with Crippen LogP contribution in [0.4, 0.5) is 5.69 Å². The van der Waals surface area contributed by atoms with Crippen molar-refractivity contribution in [2.75, 3.05) is 5.32 Å². The number of nitrogens with one attached hydrogen (secondary N) is 1. The zero-order valence-electron chi connectivity index (χ0n) is 10.5. The van der Waals surface area contributed by atoms with E-state index in [9.17, 15) is 9.90 Å². The third-order valence-corrected chi connectivity index (χ3v) is 3.76. The largest absolute Gasteiger partial charge is 0.464 e. The van der Waals surface area contributed by atoms with Gasteiger partial charge in [0.2, 0.25) is 0 Å². The maximum Gasteiger partial charge on any atom is 0.265 e. The van der Waals surface area contributed by atoms with Crippen LogP contribution in [0, 0.1) is 0 Å². The van der Waals surface area contributed by atoms with Gasteiger partial charge in [-0.1, -0.05) is 24.3 Å². The summed E-state index contributed by atoms with van der Waals surface area (Å²) in [6.07, 6.45) is 1.58. The smallest absolute Gasteiger partial charge is 0.265 e. The number of amides is 1. The molecule has 0 saturated heterocycles. The van der Waals surface area contributed by atoms with Crippen LogP contribution in [-0.2, 0) is 10.4 Å². The SMILES string of the molecule is O=C1Nc2ccccc2C1(O)c1ccc2occc2c1. The second kappa shape index (κ2) is 3.71. The third-order valence-electron chi connectivity index (χ3n) is 3.76. The molecular weight excluding hydrogens is 254 g/mol. The van der Waals surface area contributed by atoms with Gasteiger partial charge in [0, 0.05) is 16.6 Å². The lowest BCUT2D eigenvalue weighted by Crippen LogP contribution is -2.35. The quantitative estimate of drug-likeness (QED) is 0.711. The topological polar surface area (TPSA) is 62.5 Å². The van der Waals surface area contributed by atoms with Gasteiger partial charge in [-0.3, -0.25) is 4.79 Å². The number of carbonyl (C=O) groups excluding carboxylic acids is 1. The molecule has 0 saturated carbocycles. The van der Waals surface area contributed by atoms with Crippen LogP contribution >= 0.6 is 0 Å². The van der Waals surface area contributed by atoms with E-state index in [1.165, 1.54) is 0 Å². The van der Waals surface area contributed by atoms with Crippen LogP contribution in [-0.4, -0.2) is 11.0 Å². The molecule has 0 aliphatic carbocycles. The Morgan fingerprint density at radius 3 is 2.85 bits per heavy atom. The lowest BCUT2D eigenvalue weighted by Gasteiger charge is -2.21. The van der Waals surface area contributed by atoms with Crippen LogP contribution in [0.3, 0.4) is 0 Å². The Hall–Kier alpha value is -2.59. The van der Waals surface area contributed by atoms with Crippen molar-refractivity contribution >= 4 is 22.6 Å². The molecule has 2 N–H and O–H groups in total. The minimum atomic E-state index is -1.65. The Kier molecular flexibility index (Phi) is 2.09. The van der Waals surface area contributed by atoms with E-state index in [4.69, 9.17) is 4.42 Å². The molecule has 1 atom stereocenters. The average Bonchev–Trinajstić information content (AvgIpc) is 3.03. The molecule has 0 radical (unpaired) electrons. The van der Waals surface area contributed by atoms with Gasteiger partial charge < -0.3 is 14.8 Å². The molecule has 1 aliphatic heterocycles. The highest BCUT2D eigenvalue weighted by atomic mass is 16.3. The Morgan fingerprint density at radius 2 is 1.95 bits per heavy atom. The fourth-order valence-electron chi connectivity index (χ4n) is 2.72. The molecule has 1 unspecified atom stereocenters. The van der Waals surface area contributed by atoms with Crippen molar-refractivity contribution in [3.8, 4) is 0 Å². The predicted octanol–water partition coefficient (Wildman–Crippen LogP) is 2.62. The van der Waals surface area contributed by atoms with E-state index in [0.29, 0.717) is 16.8 Å². The molecule has 98 valence electrons. The van der Waals surface area contributed by atoms with Crippen LogP contribution in [0.2, 0.25) is 0 Å². The van der Waals surface area contributed by atoms with Gasteiger partial charge in [0.15, 0.2) is 5.60 Å². The molecule has 2 heterocycles. The number of furan rings is 1. The zero-order chi connectivity index (χ0) is 13.7. The van der Waals surface area contributed by atoms with Gasteiger partial charge >= 0.3 is 0 Å². The van der Waals surface area contributed by atoms with E-state index in [0.717, 1.165) is 11.0 Å². The summed E-state index contributed by atoms with van der Waals surface area (Å²) < 4.78 is 5.28. The van der Waals surface area contributed by atoms with Crippen LogP contribution in [0.25, 0.3) is 11.0 Å². The number of rotatable bonds is 1. The first-order valence-electron chi connectivity index (χ1n) is 6.30. The molecular formula is C16H11NO3. The Labute approximate surface area is 114 Å². The average molecular weight is 265 g/mol. The lowest BCUT2D eigenvalue weighted by atomic mass is 9.87. The minimum absolute atomic E-state index is 0.429. The molecule has 0 spiro atoms. The van der Waals surface area contributed by atoms with E-state index in [1.807, 2.05) is 6.07 Å². The number of aliphatic hydroxyl groups is 1. The Morgan fingerprint density at radius 1 is 1.10 bits per heavy atom. The molecule has 0 bridgehead atoms. The van der Waals surface area contributed by atoms with Crippen LogP contribution in [0.15, 0.2) is 59.2 Å². The van der Waals surface area contributed by atoms with Crippen molar-refractivity contribution in [3.63, 3.8) is 0 Å². The number of carbonyl (C=O) groups is 1. The van der Waals surface area contributed by atoms with Crippen molar-refractivity contribution in [1.29, 1.82) is 0 Å². The van der Waals surface area contributed by atoms with E-state index >= 15 is 0 Å². The first-order valence-corrected chi connectivity index (χ1v) is 6.30. The van der Waals surface area contributed by atoms with Gasteiger partial charge in [-0.2, -0.15) is 0 Å². The molecule has 1 aliphatic rings.